The highest BCUT2D eigenvalue weighted by molar-refractivity contribution is 5.97. The molecular weight excluding hydrogens is 329 g/mol. The van der Waals surface area contributed by atoms with Crippen LogP contribution in [0.4, 0.5) is 10.2 Å². The molecule has 5 heteroatoms. The van der Waals surface area contributed by atoms with Gasteiger partial charge in [-0.25, -0.2) is 9.37 Å². The zero-order chi connectivity index (χ0) is 18.5. The minimum absolute atomic E-state index is 0.0476. The van der Waals surface area contributed by atoms with Crippen LogP contribution >= 0.6 is 0 Å². The van der Waals surface area contributed by atoms with E-state index < -0.39 is 0 Å². The van der Waals surface area contributed by atoms with E-state index in [4.69, 9.17) is 0 Å². The zero-order valence-corrected chi connectivity index (χ0v) is 15.5. The van der Waals surface area contributed by atoms with Gasteiger partial charge in [-0.05, 0) is 55.8 Å². The summed E-state index contributed by atoms with van der Waals surface area (Å²) in [5, 5.41) is 0. The molecule has 1 saturated heterocycles. The van der Waals surface area contributed by atoms with Crippen molar-refractivity contribution >= 4 is 11.6 Å². The molecule has 1 aliphatic heterocycles. The first kappa shape index (κ1) is 18.5. The van der Waals surface area contributed by atoms with Crippen molar-refractivity contribution in [1.82, 2.24) is 9.88 Å². The van der Waals surface area contributed by atoms with Crippen LogP contribution in [-0.4, -0.2) is 48.4 Å². The fourth-order valence-electron chi connectivity index (χ4n) is 3.47. The number of hydrogen-bond acceptors (Lipinski definition) is 4. The Bertz CT molecular complexity index is 739. The van der Waals surface area contributed by atoms with Crippen LogP contribution in [0.5, 0.6) is 0 Å². The van der Waals surface area contributed by atoms with Crippen molar-refractivity contribution in [3.8, 4) is 0 Å². The van der Waals surface area contributed by atoms with E-state index in [1.807, 2.05) is 18.2 Å². The van der Waals surface area contributed by atoms with Crippen LogP contribution in [0.15, 0.2) is 42.5 Å². The van der Waals surface area contributed by atoms with Crippen LogP contribution in [0.3, 0.4) is 0 Å². The Kier molecular flexibility index (Phi) is 5.99. The molecule has 0 saturated carbocycles. The first-order valence-corrected chi connectivity index (χ1v) is 9.26. The first-order chi connectivity index (χ1) is 12.6. The molecule has 3 rings (SSSR count). The number of Topliss-reactive ketones (excluding diaryl/α,β-unsaturated/α-hetero) is 1. The van der Waals surface area contributed by atoms with E-state index in [0.29, 0.717) is 11.6 Å². The Labute approximate surface area is 154 Å². The second kappa shape index (κ2) is 8.41. The van der Waals surface area contributed by atoms with Crippen molar-refractivity contribution in [1.29, 1.82) is 0 Å². The first-order valence-electron chi connectivity index (χ1n) is 9.26. The molecule has 1 aromatic heterocycles. The molecule has 26 heavy (non-hydrogen) atoms. The molecule has 1 aliphatic rings. The van der Waals surface area contributed by atoms with Crippen LogP contribution in [-0.2, 0) is 6.42 Å². The summed E-state index contributed by atoms with van der Waals surface area (Å²) >= 11 is 0. The monoisotopic (exact) mass is 355 g/mol. The average Bonchev–Trinajstić information content (AvgIpc) is 2.68. The van der Waals surface area contributed by atoms with Gasteiger partial charge in [0.25, 0.3) is 0 Å². The van der Waals surface area contributed by atoms with Gasteiger partial charge in [-0.3, -0.25) is 4.79 Å². The average molecular weight is 355 g/mol. The van der Waals surface area contributed by atoms with Gasteiger partial charge in [-0.15, -0.1) is 0 Å². The summed E-state index contributed by atoms with van der Waals surface area (Å²) in [5.74, 6) is 0.523. The summed E-state index contributed by atoms with van der Waals surface area (Å²) in [5.41, 5.74) is 1.26. The van der Waals surface area contributed by atoms with Crippen molar-refractivity contribution in [2.24, 2.45) is 0 Å². The number of rotatable bonds is 6. The SMILES string of the molecule is CCN1CCC(N(C)c2cccc(CC(=O)c3ccc(F)cc3)n2)CC1. The summed E-state index contributed by atoms with van der Waals surface area (Å²) < 4.78 is 13.0. The van der Waals surface area contributed by atoms with Crippen molar-refractivity contribution < 1.29 is 9.18 Å². The number of ketones is 1. The van der Waals surface area contributed by atoms with E-state index in [-0.39, 0.29) is 18.0 Å². The maximum atomic E-state index is 13.0. The summed E-state index contributed by atoms with van der Waals surface area (Å²) in [6, 6.07) is 12.0. The molecule has 138 valence electrons. The summed E-state index contributed by atoms with van der Waals surface area (Å²) in [4.78, 5) is 21.8. The molecule has 0 N–H and O–H groups in total. The lowest BCUT2D eigenvalue weighted by Gasteiger charge is -2.37. The van der Waals surface area contributed by atoms with Gasteiger partial charge < -0.3 is 9.80 Å². The predicted molar refractivity (Wildman–Crippen MR) is 102 cm³/mol. The van der Waals surface area contributed by atoms with Crippen molar-refractivity contribution in [2.75, 3.05) is 31.6 Å². The van der Waals surface area contributed by atoms with Crippen LogP contribution in [0.25, 0.3) is 0 Å². The Morgan fingerprint density at radius 3 is 2.54 bits per heavy atom. The molecule has 0 amide bonds. The Morgan fingerprint density at radius 1 is 1.19 bits per heavy atom. The highest BCUT2D eigenvalue weighted by Gasteiger charge is 2.22. The van der Waals surface area contributed by atoms with Gasteiger partial charge in [-0.2, -0.15) is 0 Å². The molecule has 0 bridgehead atoms. The van der Waals surface area contributed by atoms with Gasteiger partial charge in [0, 0.05) is 31.7 Å². The number of hydrogen-bond donors (Lipinski definition) is 0. The Morgan fingerprint density at radius 2 is 1.88 bits per heavy atom. The van der Waals surface area contributed by atoms with Crippen LogP contribution in [0, 0.1) is 5.82 Å². The Hall–Kier alpha value is -2.27. The van der Waals surface area contributed by atoms with E-state index in [0.717, 1.165) is 44.0 Å². The molecule has 1 aromatic carbocycles. The number of benzene rings is 1. The fourth-order valence-corrected chi connectivity index (χ4v) is 3.47. The largest absolute Gasteiger partial charge is 0.357 e. The molecule has 0 atom stereocenters. The molecule has 0 spiro atoms. The summed E-state index contributed by atoms with van der Waals surface area (Å²) in [6.07, 6.45) is 2.48. The maximum absolute atomic E-state index is 13.0. The number of anilines is 1. The smallest absolute Gasteiger partial charge is 0.168 e. The second-order valence-electron chi connectivity index (χ2n) is 6.87. The van der Waals surface area contributed by atoms with Gasteiger partial charge in [0.15, 0.2) is 5.78 Å². The standard InChI is InChI=1S/C21H26FN3O/c1-3-25-13-11-19(12-14-25)24(2)21-6-4-5-18(23-21)15-20(26)16-7-9-17(22)10-8-16/h4-10,19H,3,11-15H2,1-2H3. The number of nitrogens with zero attached hydrogens (tertiary/aromatic N) is 3. The molecule has 4 nitrogen and oxygen atoms in total. The lowest BCUT2D eigenvalue weighted by Crippen LogP contribution is -2.43. The molecule has 2 aromatic rings. The van der Waals surface area contributed by atoms with Gasteiger partial charge >= 0.3 is 0 Å². The van der Waals surface area contributed by atoms with E-state index in [9.17, 15) is 9.18 Å². The van der Waals surface area contributed by atoms with Crippen LogP contribution < -0.4 is 4.90 Å². The van der Waals surface area contributed by atoms with Crippen molar-refractivity contribution in [2.45, 2.75) is 32.2 Å². The maximum Gasteiger partial charge on any atom is 0.168 e. The molecule has 2 heterocycles. The van der Waals surface area contributed by atoms with Gasteiger partial charge in [0.05, 0.1) is 12.1 Å². The number of pyridine rings is 1. The second-order valence-corrected chi connectivity index (χ2v) is 6.87. The molecular formula is C21H26FN3O. The van der Waals surface area contributed by atoms with E-state index in [1.54, 1.807) is 0 Å². The van der Waals surface area contributed by atoms with Gasteiger partial charge in [0.1, 0.15) is 11.6 Å². The third kappa shape index (κ3) is 4.47. The highest BCUT2D eigenvalue weighted by Crippen LogP contribution is 2.21. The zero-order valence-electron chi connectivity index (χ0n) is 15.5. The Balaban J connectivity index is 1.66. The lowest BCUT2D eigenvalue weighted by molar-refractivity contribution is 0.0992. The van der Waals surface area contributed by atoms with Crippen molar-refractivity contribution in [3.05, 3.63) is 59.5 Å². The number of carbonyl (C=O) groups is 1. The quantitative estimate of drug-likeness (QED) is 0.743. The van der Waals surface area contributed by atoms with Gasteiger partial charge in [0.2, 0.25) is 0 Å². The minimum atomic E-state index is -0.336. The van der Waals surface area contributed by atoms with E-state index >= 15 is 0 Å². The topological polar surface area (TPSA) is 36.4 Å². The fraction of sp³-hybridized carbons (Fsp3) is 0.429. The van der Waals surface area contributed by atoms with Crippen LogP contribution in [0.1, 0.15) is 35.8 Å². The molecule has 0 aliphatic carbocycles. The molecule has 1 fully saturated rings. The predicted octanol–water partition coefficient (Wildman–Crippen LogP) is 3.57. The normalized spacial score (nSPS) is 15.8. The van der Waals surface area contributed by atoms with Gasteiger partial charge in [-0.1, -0.05) is 13.0 Å². The minimum Gasteiger partial charge on any atom is -0.357 e. The summed E-state index contributed by atoms with van der Waals surface area (Å²) in [6.45, 7) is 5.55. The third-order valence-electron chi connectivity index (χ3n) is 5.21. The van der Waals surface area contributed by atoms with Crippen LogP contribution in [0.2, 0.25) is 0 Å². The number of piperidine rings is 1. The lowest BCUT2D eigenvalue weighted by atomic mass is 10.0. The van der Waals surface area contributed by atoms with E-state index in [2.05, 4.69) is 28.8 Å². The molecule has 0 unspecified atom stereocenters. The number of aromatic nitrogens is 1. The third-order valence-corrected chi connectivity index (χ3v) is 5.21. The van der Waals surface area contributed by atoms with Crippen molar-refractivity contribution in [3.63, 3.8) is 0 Å². The summed E-state index contributed by atoms with van der Waals surface area (Å²) in [7, 11) is 2.08. The molecule has 0 radical (unpaired) electrons. The van der Waals surface area contributed by atoms with E-state index in [1.165, 1.54) is 24.3 Å². The highest BCUT2D eigenvalue weighted by atomic mass is 19.1. The number of carbonyl (C=O) groups excluding carboxylic acids is 1. The number of likely N-dealkylation sites (tertiary alicyclic amines) is 1. The number of halogens is 1.